The van der Waals surface area contributed by atoms with Gasteiger partial charge in [-0.05, 0) is 85.0 Å². The smallest absolute Gasteiger partial charge is 0.159 e. The highest BCUT2D eigenvalue weighted by atomic mass is 16.3. The summed E-state index contributed by atoms with van der Waals surface area (Å²) in [5, 5.41) is 8.53. The molecule has 0 aliphatic carbocycles. The van der Waals surface area contributed by atoms with Crippen molar-refractivity contribution in [2.75, 3.05) is 9.80 Å². The molecule has 71 heavy (non-hydrogen) atoms. The van der Waals surface area contributed by atoms with Crippen LogP contribution in [0.2, 0.25) is 0 Å². The van der Waals surface area contributed by atoms with Crippen molar-refractivity contribution in [3.05, 3.63) is 242 Å². The van der Waals surface area contributed by atoms with Crippen LogP contribution in [-0.2, 0) is 0 Å². The van der Waals surface area contributed by atoms with Crippen LogP contribution in [0.3, 0.4) is 0 Å². The van der Waals surface area contributed by atoms with Crippen LogP contribution in [0.5, 0.6) is 0 Å². The van der Waals surface area contributed by atoms with Crippen molar-refractivity contribution in [1.82, 2.24) is 0 Å². The van der Waals surface area contributed by atoms with E-state index in [0.29, 0.717) is 0 Å². The summed E-state index contributed by atoms with van der Waals surface area (Å²) in [6.07, 6.45) is 0. The van der Waals surface area contributed by atoms with Crippen molar-refractivity contribution in [1.29, 1.82) is 0 Å². The maximum atomic E-state index is 7.07. The number of benzene rings is 11. The van der Waals surface area contributed by atoms with Gasteiger partial charge in [-0.15, -0.1) is 0 Å². The molecule has 0 aliphatic rings. The summed E-state index contributed by atoms with van der Waals surface area (Å²) in [4.78, 5) is 4.65. The third kappa shape index (κ3) is 6.54. The molecule has 0 saturated carbocycles. The highest BCUT2D eigenvalue weighted by Crippen LogP contribution is 2.50. The standard InChI is InChI=1S/C66H44N2O3/c1-41-29-33-45(34-30-41)67(57-27-13-25-54-52-23-11-21-48(63(52)70-65(54)57)43-15-5-3-6-16-43)47-37-38-60-56(39-47)62-51-20-10-9-19-50(51)59(40-61(62)69-60)68(46-35-31-42(2)32-36-46)58-28-14-26-55-53-24-12-22-49(64(53)71-66(55)58)44-17-7-4-8-18-44/h3-40H,1-2H3. The fourth-order valence-corrected chi connectivity index (χ4v) is 10.8. The Kier molecular flexibility index (Phi) is 9.26. The van der Waals surface area contributed by atoms with Crippen molar-refractivity contribution in [2.24, 2.45) is 0 Å². The molecule has 0 amide bonds. The fraction of sp³-hybridized carbons (Fsp3) is 0.0303. The van der Waals surface area contributed by atoms with Gasteiger partial charge in [0.25, 0.3) is 0 Å². The van der Waals surface area contributed by atoms with E-state index < -0.39 is 0 Å². The van der Waals surface area contributed by atoms with Crippen LogP contribution in [0.1, 0.15) is 11.1 Å². The zero-order chi connectivity index (χ0) is 47.2. The Morgan fingerprint density at radius 2 is 0.732 bits per heavy atom. The molecule has 0 radical (unpaired) electrons. The second-order valence-corrected chi connectivity index (χ2v) is 18.5. The lowest BCUT2D eigenvalue weighted by atomic mass is 9.99. The zero-order valence-corrected chi connectivity index (χ0v) is 39.1. The lowest BCUT2D eigenvalue weighted by Gasteiger charge is -2.27. The van der Waals surface area contributed by atoms with Crippen molar-refractivity contribution >= 4 is 111 Å². The number of furan rings is 3. The third-order valence-corrected chi connectivity index (χ3v) is 14.2. The van der Waals surface area contributed by atoms with Gasteiger partial charge in [0.2, 0.25) is 0 Å². The molecule has 0 fully saturated rings. The van der Waals surface area contributed by atoms with E-state index in [0.717, 1.165) is 133 Å². The predicted octanol–water partition coefficient (Wildman–Crippen LogP) is 19.4. The largest absolute Gasteiger partial charge is 0.456 e. The van der Waals surface area contributed by atoms with Gasteiger partial charge in [-0.3, -0.25) is 0 Å². The first-order chi connectivity index (χ1) is 35.0. The van der Waals surface area contributed by atoms with Gasteiger partial charge < -0.3 is 23.1 Å². The first-order valence-electron chi connectivity index (χ1n) is 24.1. The summed E-state index contributed by atoms with van der Waals surface area (Å²) in [5.74, 6) is 0. The monoisotopic (exact) mass is 912 g/mol. The molecular formula is C66H44N2O3. The molecule has 3 heterocycles. The van der Waals surface area contributed by atoms with E-state index in [1.165, 1.54) is 11.1 Å². The van der Waals surface area contributed by atoms with Crippen LogP contribution in [0.15, 0.2) is 244 Å². The van der Waals surface area contributed by atoms with Gasteiger partial charge in [-0.1, -0.05) is 181 Å². The predicted molar refractivity (Wildman–Crippen MR) is 295 cm³/mol. The number of nitrogens with zero attached hydrogens (tertiary/aromatic N) is 2. The molecule has 3 aromatic heterocycles. The second kappa shape index (κ2) is 16.2. The fourth-order valence-electron chi connectivity index (χ4n) is 10.8. The molecule has 0 saturated heterocycles. The van der Waals surface area contributed by atoms with Crippen molar-refractivity contribution < 1.29 is 13.3 Å². The average molecular weight is 913 g/mol. The Bertz CT molecular complexity index is 4360. The Balaban J connectivity index is 0.980. The molecule has 5 heteroatoms. The maximum Gasteiger partial charge on any atom is 0.159 e. The molecule has 0 aliphatic heterocycles. The van der Waals surface area contributed by atoms with Gasteiger partial charge in [-0.2, -0.15) is 0 Å². The molecule has 336 valence electrons. The van der Waals surface area contributed by atoms with Crippen LogP contribution < -0.4 is 9.80 Å². The molecule has 14 aromatic rings. The van der Waals surface area contributed by atoms with E-state index in [1.54, 1.807) is 0 Å². The lowest BCUT2D eigenvalue weighted by molar-refractivity contribution is 0.668. The van der Waals surface area contributed by atoms with Crippen LogP contribution in [-0.4, -0.2) is 0 Å². The molecule has 11 aromatic carbocycles. The molecule has 0 atom stereocenters. The molecule has 0 unspecified atom stereocenters. The van der Waals surface area contributed by atoms with Gasteiger partial charge in [0.15, 0.2) is 11.2 Å². The number of fused-ring (bicyclic) bond motifs is 11. The topological polar surface area (TPSA) is 45.9 Å². The minimum atomic E-state index is 0.792. The Hall–Kier alpha value is -9.32. The van der Waals surface area contributed by atoms with Crippen LogP contribution in [0, 0.1) is 13.8 Å². The SMILES string of the molecule is Cc1ccc(N(c2ccc3oc4cc(N(c5ccc(C)cc5)c5cccc6c5oc5c(-c7ccccc7)cccc56)c5ccccc5c4c3c2)c2cccc3c2oc2c(-c4ccccc4)cccc23)cc1. The Morgan fingerprint density at radius 1 is 0.282 bits per heavy atom. The Morgan fingerprint density at radius 3 is 1.30 bits per heavy atom. The number of para-hydroxylation sites is 4. The zero-order valence-electron chi connectivity index (χ0n) is 39.1. The number of anilines is 6. The maximum absolute atomic E-state index is 7.07. The van der Waals surface area contributed by atoms with Crippen molar-refractivity contribution in [3.8, 4) is 22.3 Å². The lowest BCUT2D eigenvalue weighted by Crippen LogP contribution is -2.11. The van der Waals surface area contributed by atoms with Crippen molar-refractivity contribution in [2.45, 2.75) is 13.8 Å². The molecule has 0 spiro atoms. The van der Waals surface area contributed by atoms with E-state index in [1.807, 2.05) is 12.1 Å². The van der Waals surface area contributed by atoms with Gasteiger partial charge in [-0.25, -0.2) is 0 Å². The first kappa shape index (κ1) is 40.7. The normalized spacial score (nSPS) is 11.8. The third-order valence-electron chi connectivity index (χ3n) is 14.2. The van der Waals surface area contributed by atoms with Gasteiger partial charge >= 0.3 is 0 Å². The highest BCUT2D eigenvalue weighted by Gasteiger charge is 2.26. The second-order valence-electron chi connectivity index (χ2n) is 18.5. The van der Waals surface area contributed by atoms with E-state index in [9.17, 15) is 0 Å². The minimum absolute atomic E-state index is 0.792. The first-order valence-corrected chi connectivity index (χ1v) is 24.1. The number of aryl methyl sites for hydroxylation is 2. The minimum Gasteiger partial charge on any atom is -0.456 e. The number of hydrogen-bond donors (Lipinski definition) is 0. The molecule has 0 bridgehead atoms. The summed E-state index contributed by atoms with van der Waals surface area (Å²) in [7, 11) is 0. The Labute approximate surface area is 409 Å². The van der Waals surface area contributed by atoms with E-state index in [-0.39, 0.29) is 0 Å². The average Bonchev–Trinajstić information content (AvgIpc) is 4.12. The van der Waals surface area contributed by atoms with Crippen LogP contribution in [0.25, 0.3) is 98.8 Å². The molecular weight excluding hydrogens is 869 g/mol. The summed E-state index contributed by atoms with van der Waals surface area (Å²) in [5.41, 5.74) is 17.6. The summed E-state index contributed by atoms with van der Waals surface area (Å²) in [6.45, 7) is 4.25. The number of hydrogen-bond acceptors (Lipinski definition) is 5. The van der Waals surface area contributed by atoms with E-state index >= 15 is 0 Å². The summed E-state index contributed by atoms with van der Waals surface area (Å²) < 4.78 is 21.1. The number of rotatable bonds is 8. The van der Waals surface area contributed by atoms with Gasteiger partial charge in [0.1, 0.15) is 22.3 Å². The molecule has 14 rings (SSSR count). The summed E-state index contributed by atoms with van der Waals surface area (Å²) >= 11 is 0. The molecule has 0 N–H and O–H groups in total. The van der Waals surface area contributed by atoms with Gasteiger partial charge in [0.05, 0.1) is 17.1 Å². The quantitative estimate of drug-likeness (QED) is 0.152. The van der Waals surface area contributed by atoms with Crippen LogP contribution in [0.4, 0.5) is 34.1 Å². The van der Waals surface area contributed by atoms with Crippen LogP contribution >= 0.6 is 0 Å². The van der Waals surface area contributed by atoms with Gasteiger partial charge in [0, 0.05) is 72.0 Å². The summed E-state index contributed by atoms with van der Waals surface area (Å²) in [6, 6.07) is 81.7. The van der Waals surface area contributed by atoms with E-state index in [2.05, 4.69) is 242 Å². The highest BCUT2D eigenvalue weighted by molar-refractivity contribution is 6.24. The van der Waals surface area contributed by atoms with Crippen molar-refractivity contribution in [3.63, 3.8) is 0 Å². The molecule has 5 nitrogen and oxygen atoms in total. The van der Waals surface area contributed by atoms with E-state index in [4.69, 9.17) is 13.3 Å².